The highest BCUT2D eigenvalue weighted by Gasteiger charge is 2.27. The number of ether oxygens (including phenoxy) is 1. The van der Waals surface area contributed by atoms with Crippen molar-refractivity contribution in [1.29, 1.82) is 0 Å². The van der Waals surface area contributed by atoms with Gasteiger partial charge in [-0.05, 0) is 69.7 Å². The zero-order valence-electron chi connectivity index (χ0n) is 23.3. The van der Waals surface area contributed by atoms with Crippen molar-refractivity contribution in [2.75, 3.05) is 56.2 Å². The van der Waals surface area contributed by atoms with Crippen molar-refractivity contribution >= 4 is 22.8 Å². The van der Waals surface area contributed by atoms with Crippen LogP contribution in [0.3, 0.4) is 0 Å². The van der Waals surface area contributed by atoms with Gasteiger partial charge in [0.25, 0.3) is 6.43 Å². The molecule has 216 valence electrons. The molecule has 1 saturated carbocycles. The van der Waals surface area contributed by atoms with Crippen molar-refractivity contribution in [3.8, 4) is 5.82 Å². The van der Waals surface area contributed by atoms with E-state index < -0.39 is 6.43 Å². The minimum Gasteiger partial charge on any atom is -0.378 e. The van der Waals surface area contributed by atoms with Gasteiger partial charge in [0.1, 0.15) is 11.6 Å². The fourth-order valence-corrected chi connectivity index (χ4v) is 6.59. The van der Waals surface area contributed by atoms with E-state index in [4.69, 9.17) is 14.7 Å². The molecule has 6 rings (SSSR count). The van der Waals surface area contributed by atoms with E-state index in [1.54, 1.807) is 12.1 Å². The zero-order valence-corrected chi connectivity index (χ0v) is 23.3. The van der Waals surface area contributed by atoms with E-state index in [9.17, 15) is 8.78 Å². The maximum atomic E-state index is 14.1. The molecule has 3 aliphatic rings. The Balaban J connectivity index is 1.20. The number of imidazole rings is 1. The summed E-state index contributed by atoms with van der Waals surface area (Å²) in [5, 5.41) is 3.49. The average Bonchev–Trinajstić information content (AvgIpc) is 3.37. The van der Waals surface area contributed by atoms with Gasteiger partial charge in [-0.3, -0.25) is 4.57 Å². The highest BCUT2D eigenvalue weighted by atomic mass is 19.3. The maximum absolute atomic E-state index is 14.1. The van der Waals surface area contributed by atoms with Gasteiger partial charge in [0.15, 0.2) is 5.82 Å². The molecule has 1 aliphatic carbocycles. The summed E-state index contributed by atoms with van der Waals surface area (Å²) >= 11 is 0. The van der Waals surface area contributed by atoms with Crippen molar-refractivity contribution in [1.82, 2.24) is 24.4 Å². The average molecular weight is 554 g/mol. The number of para-hydroxylation sites is 2. The van der Waals surface area contributed by atoms with Crippen LogP contribution in [0, 0.1) is 5.92 Å². The lowest BCUT2D eigenvalue weighted by atomic mass is 9.85. The molecule has 2 aliphatic heterocycles. The number of fused-ring (bicyclic) bond motifs is 1. The topological polar surface area (TPSA) is 71.3 Å². The van der Waals surface area contributed by atoms with Crippen LogP contribution in [-0.2, 0) is 4.74 Å². The van der Waals surface area contributed by atoms with Gasteiger partial charge < -0.3 is 19.9 Å². The minimum atomic E-state index is -2.73. The van der Waals surface area contributed by atoms with E-state index >= 15 is 0 Å². The van der Waals surface area contributed by atoms with Crippen molar-refractivity contribution in [2.24, 2.45) is 5.92 Å². The van der Waals surface area contributed by atoms with Gasteiger partial charge in [0, 0.05) is 31.7 Å². The number of anilines is 2. The van der Waals surface area contributed by atoms with E-state index in [0.717, 1.165) is 12.4 Å². The number of halogens is 2. The molecule has 1 N–H and O–H groups in total. The molecule has 2 saturated heterocycles. The number of hydrogen-bond acceptors (Lipinski definition) is 7. The molecule has 0 unspecified atom stereocenters. The van der Waals surface area contributed by atoms with Crippen LogP contribution < -0.4 is 10.2 Å². The number of hydrogen-bond donors (Lipinski definition) is 1. The summed E-state index contributed by atoms with van der Waals surface area (Å²) < 4.78 is 35.3. The molecular weight excluding hydrogens is 512 g/mol. The number of rotatable bonds is 7. The highest BCUT2D eigenvalue weighted by Crippen LogP contribution is 2.31. The third kappa shape index (κ3) is 6.22. The fraction of sp³-hybridized carbons (Fsp3) is 0.633. The van der Waals surface area contributed by atoms with Crippen molar-refractivity contribution < 1.29 is 13.5 Å². The van der Waals surface area contributed by atoms with Gasteiger partial charge in [0.05, 0.1) is 24.2 Å². The summed E-state index contributed by atoms with van der Waals surface area (Å²) in [6.07, 6.45) is 8.93. The minimum absolute atomic E-state index is 0.304. The molecule has 0 atom stereocenters. The van der Waals surface area contributed by atoms with E-state index in [0.29, 0.717) is 61.1 Å². The first-order chi connectivity index (χ1) is 19.7. The van der Waals surface area contributed by atoms with Crippen LogP contribution >= 0.6 is 0 Å². The molecule has 0 amide bonds. The van der Waals surface area contributed by atoms with E-state index in [2.05, 4.69) is 20.1 Å². The molecule has 0 radical (unpaired) electrons. The van der Waals surface area contributed by atoms with Gasteiger partial charge in [-0.25, -0.2) is 13.8 Å². The van der Waals surface area contributed by atoms with E-state index in [-0.39, 0.29) is 5.82 Å². The zero-order chi connectivity index (χ0) is 27.3. The van der Waals surface area contributed by atoms with Crippen LogP contribution in [0.5, 0.6) is 0 Å². The fourth-order valence-electron chi connectivity index (χ4n) is 6.59. The first-order valence-electron chi connectivity index (χ1n) is 15.1. The Hall–Kier alpha value is -2.85. The number of morpholine rings is 1. The Labute approximate surface area is 235 Å². The van der Waals surface area contributed by atoms with Gasteiger partial charge in [-0.1, -0.05) is 31.4 Å². The van der Waals surface area contributed by atoms with Crippen LogP contribution in [0.15, 0.2) is 30.3 Å². The predicted octanol–water partition coefficient (Wildman–Crippen LogP) is 5.83. The lowest BCUT2D eigenvalue weighted by Gasteiger charge is -2.38. The summed E-state index contributed by atoms with van der Waals surface area (Å²) in [7, 11) is 0. The number of benzene rings is 1. The van der Waals surface area contributed by atoms with Crippen LogP contribution in [0.1, 0.15) is 70.0 Å². The Morgan fingerprint density at radius 3 is 2.30 bits per heavy atom. The van der Waals surface area contributed by atoms with Gasteiger partial charge in [-0.2, -0.15) is 9.97 Å². The van der Waals surface area contributed by atoms with E-state index in [1.807, 2.05) is 18.2 Å². The number of nitrogens with zero attached hydrogens (tertiary/aromatic N) is 6. The third-order valence-electron chi connectivity index (χ3n) is 8.82. The Morgan fingerprint density at radius 1 is 0.850 bits per heavy atom. The standard InChI is InChI=1S/C30H41F2N7O/c31-28(32)29-34-24-8-4-5-9-25(24)39(29)27-20-26(38-16-18-40-19-17-38)35-30(36-27)33-21-22-10-12-23(13-11-22)37-14-6-2-1-3-7-15-37/h4-5,8-9,20,22-23,28H,1-3,6-7,10-19,21H2,(H,33,35,36)/t22-,23-. The molecule has 10 heteroatoms. The summed E-state index contributed by atoms with van der Waals surface area (Å²) in [5.41, 5.74) is 1.13. The number of nitrogens with one attached hydrogen (secondary N) is 1. The van der Waals surface area contributed by atoms with E-state index in [1.165, 1.54) is 75.4 Å². The molecule has 8 nitrogen and oxygen atoms in total. The van der Waals surface area contributed by atoms with Crippen LogP contribution in [0.25, 0.3) is 16.9 Å². The van der Waals surface area contributed by atoms with Gasteiger partial charge in [-0.15, -0.1) is 0 Å². The highest BCUT2D eigenvalue weighted by molar-refractivity contribution is 5.78. The van der Waals surface area contributed by atoms with Crippen molar-refractivity contribution in [3.63, 3.8) is 0 Å². The molecule has 3 aromatic rings. The largest absolute Gasteiger partial charge is 0.378 e. The normalized spacial score (nSPS) is 23.3. The molecule has 3 fully saturated rings. The maximum Gasteiger partial charge on any atom is 0.296 e. The third-order valence-corrected chi connectivity index (χ3v) is 8.82. The van der Waals surface area contributed by atoms with Gasteiger partial charge in [0.2, 0.25) is 5.95 Å². The van der Waals surface area contributed by atoms with Crippen LogP contribution in [-0.4, -0.2) is 76.4 Å². The summed E-state index contributed by atoms with van der Waals surface area (Å²) in [6, 6.07) is 9.72. The molecule has 1 aromatic carbocycles. The smallest absolute Gasteiger partial charge is 0.296 e. The quantitative estimate of drug-likeness (QED) is 0.395. The van der Waals surface area contributed by atoms with Crippen molar-refractivity contribution in [3.05, 3.63) is 36.2 Å². The Kier molecular flexibility index (Phi) is 8.72. The van der Waals surface area contributed by atoms with Crippen molar-refractivity contribution in [2.45, 2.75) is 70.3 Å². The molecule has 0 bridgehead atoms. The summed E-state index contributed by atoms with van der Waals surface area (Å²) in [4.78, 5) is 18.7. The molecule has 40 heavy (non-hydrogen) atoms. The Morgan fingerprint density at radius 2 is 1.55 bits per heavy atom. The molecule has 0 spiro atoms. The Bertz CT molecular complexity index is 1250. The number of alkyl halides is 2. The second-order valence-electron chi connectivity index (χ2n) is 11.5. The summed E-state index contributed by atoms with van der Waals surface area (Å²) in [5.74, 6) is 1.85. The van der Waals surface area contributed by atoms with Crippen LogP contribution in [0.4, 0.5) is 20.5 Å². The predicted molar refractivity (Wildman–Crippen MR) is 154 cm³/mol. The second kappa shape index (κ2) is 12.8. The van der Waals surface area contributed by atoms with Gasteiger partial charge >= 0.3 is 0 Å². The second-order valence-corrected chi connectivity index (χ2v) is 11.5. The summed E-state index contributed by atoms with van der Waals surface area (Å²) in [6.45, 7) is 5.90. The van der Waals surface area contributed by atoms with Crippen LogP contribution in [0.2, 0.25) is 0 Å². The molecule has 2 aromatic heterocycles. The monoisotopic (exact) mass is 553 g/mol. The molecular formula is C30H41F2N7O. The molecule has 4 heterocycles. The SMILES string of the molecule is FC(F)c1nc2ccccc2n1-c1cc(N2CCOCC2)nc(NC[C@H]2CC[C@H](N3CCCCCCC3)CC2)n1. The first-order valence-corrected chi connectivity index (χ1v) is 15.1. The lowest BCUT2D eigenvalue weighted by Crippen LogP contribution is -2.40. The first kappa shape index (κ1) is 27.3. The lowest BCUT2D eigenvalue weighted by molar-refractivity contribution is 0.122. The number of aromatic nitrogens is 4. The number of likely N-dealkylation sites (tertiary alicyclic amines) is 1.